The van der Waals surface area contributed by atoms with Gasteiger partial charge in [-0.15, -0.1) is 18.3 Å². The van der Waals surface area contributed by atoms with Crippen molar-refractivity contribution in [2.75, 3.05) is 12.3 Å². The number of Topliss-reactive ketones (excluding diaryl/α,β-unsaturated/α-hetero) is 1. The minimum atomic E-state index is -0.677. The molecule has 2 bridgehead atoms. The zero-order valence-corrected chi connectivity index (χ0v) is 27.1. The highest BCUT2D eigenvalue weighted by Gasteiger charge is 2.68. The minimum absolute atomic E-state index is 0.0294. The van der Waals surface area contributed by atoms with Gasteiger partial charge in [0.1, 0.15) is 11.9 Å². The van der Waals surface area contributed by atoms with E-state index in [0.29, 0.717) is 19.4 Å². The van der Waals surface area contributed by atoms with Crippen LogP contribution >= 0.6 is 11.8 Å². The van der Waals surface area contributed by atoms with Crippen LogP contribution in [-0.2, 0) is 25.7 Å². The van der Waals surface area contributed by atoms with Gasteiger partial charge in [0.05, 0.1) is 17.9 Å². The van der Waals surface area contributed by atoms with Crippen molar-refractivity contribution in [2.24, 2.45) is 34.0 Å². The maximum absolute atomic E-state index is 13.6. The Morgan fingerprint density at radius 2 is 2.00 bits per heavy atom. The Morgan fingerprint density at radius 3 is 2.72 bits per heavy atom. The van der Waals surface area contributed by atoms with Crippen molar-refractivity contribution in [3.05, 3.63) is 42.5 Å². The Bertz CT molecular complexity index is 1230. The molecule has 236 valence electrons. The second-order valence-corrected chi connectivity index (χ2v) is 15.3. The third-order valence-corrected chi connectivity index (χ3v) is 12.9. The van der Waals surface area contributed by atoms with E-state index in [4.69, 9.17) is 4.74 Å². The average Bonchev–Trinajstić information content (AvgIpc) is 3.37. The van der Waals surface area contributed by atoms with Crippen molar-refractivity contribution in [1.82, 2.24) is 10.6 Å². The Balaban J connectivity index is 1.29. The number of esters is 1. The molecule has 9 atom stereocenters. The summed E-state index contributed by atoms with van der Waals surface area (Å²) in [5, 5.41) is 18.0. The average molecular weight is 611 g/mol. The van der Waals surface area contributed by atoms with Gasteiger partial charge in [-0.3, -0.25) is 14.4 Å². The first-order valence-electron chi connectivity index (χ1n) is 16.2. The maximum atomic E-state index is 13.6. The number of hydrogen-bond donors (Lipinski definition) is 3. The lowest BCUT2D eigenvalue weighted by molar-refractivity contribution is -0.205. The van der Waals surface area contributed by atoms with Crippen LogP contribution < -0.4 is 10.6 Å². The van der Waals surface area contributed by atoms with E-state index in [-0.39, 0.29) is 52.6 Å². The van der Waals surface area contributed by atoms with Gasteiger partial charge in [-0.1, -0.05) is 52.3 Å². The van der Waals surface area contributed by atoms with Gasteiger partial charge in [0.25, 0.3) is 0 Å². The number of piperidine rings is 1. The van der Waals surface area contributed by atoms with Crippen LogP contribution in [-0.4, -0.2) is 53.3 Å². The standard InChI is InChI=1S/C35H50N2O5S/c1-6-33(4)19-28(34(5)22(2)13-15-35(23(3)31(33)40)16-14-27(38)30(34)35)42-29(39)21-43-25-11-9-10-24(18-25)20-37-32(41)26-12-7-8-17-36-26/h6,9-11,18,22-23,26,28,30-31,36,40H,1,7-8,12-17,19-21H2,2-5H3,(H,37,41)/t22?,23-,26?,28+,30?,31-,33+,34-,35?/m0/s1. The summed E-state index contributed by atoms with van der Waals surface area (Å²) in [4.78, 5) is 40.6. The van der Waals surface area contributed by atoms with Crippen molar-refractivity contribution in [3.63, 3.8) is 0 Å². The lowest BCUT2D eigenvalue weighted by atomic mass is 9.44. The minimum Gasteiger partial charge on any atom is -0.461 e. The molecule has 3 aliphatic carbocycles. The number of carbonyl (C=O) groups excluding carboxylic acids is 3. The van der Waals surface area contributed by atoms with Crippen LogP contribution in [0.4, 0.5) is 0 Å². The third-order valence-electron chi connectivity index (χ3n) is 11.9. The molecular formula is C35H50N2O5S. The number of aliphatic hydroxyl groups excluding tert-OH is 1. The van der Waals surface area contributed by atoms with E-state index in [9.17, 15) is 19.5 Å². The van der Waals surface area contributed by atoms with Gasteiger partial charge in [-0.2, -0.15) is 0 Å². The van der Waals surface area contributed by atoms with Gasteiger partial charge in [-0.05, 0) is 80.0 Å². The molecule has 0 radical (unpaired) electrons. The summed E-state index contributed by atoms with van der Waals surface area (Å²) >= 11 is 1.42. The molecular weight excluding hydrogens is 560 g/mol. The number of benzene rings is 1. The predicted octanol–water partition coefficient (Wildman–Crippen LogP) is 5.44. The van der Waals surface area contributed by atoms with Gasteiger partial charge >= 0.3 is 5.97 Å². The molecule has 1 aromatic rings. The molecule has 1 aliphatic heterocycles. The highest BCUT2D eigenvalue weighted by Crippen LogP contribution is 2.68. The monoisotopic (exact) mass is 610 g/mol. The molecule has 7 nitrogen and oxygen atoms in total. The van der Waals surface area contributed by atoms with Gasteiger partial charge in [-0.25, -0.2) is 0 Å². The first-order chi connectivity index (χ1) is 20.4. The molecule has 4 aliphatic rings. The van der Waals surface area contributed by atoms with E-state index in [2.05, 4.69) is 38.0 Å². The van der Waals surface area contributed by atoms with Gasteiger partial charge in [0, 0.05) is 34.6 Å². The van der Waals surface area contributed by atoms with Gasteiger partial charge < -0.3 is 20.5 Å². The second-order valence-electron chi connectivity index (χ2n) is 14.2. The summed E-state index contributed by atoms with van der Waals surface area (Å²) in [6.07, 6.45) is 7.29. The lowest BCUT2D eigenvalue weighted by Gasteiger charge is -2.61. The molecule has 0 aromatic heterocycles. The first kappa shape index (κ1) is 32.2. The van der Waals surface area contributed by atoms with Crippen LogP contribution in [0.25, 0.3) is 0 Å². The summed E-state index contributed by atoms with van der Waals surface area (Å²) in [5.41, 5.74) is -0.473. The Kier molecular flexibility index (Phi) is 9.51. The number of amides is 1. The smallest absolute Gasteiger partial charge is 0.316 e. The van der Waals surface area contributed by atoms with Gasteiger partial charge in [0.15, 0.2) is 0 Å². The Labute approximate surface area is 261 Å². The fourth-order valence-corrected chi connectivity index (χ4v) is 9.73. The Morgan fingerprint density at radius 1 is 1.21 bits per heavy atom. The molecule has 8 heteroatoms. The molecule has 1 aromatic carbocycles. The zero-order valence-electron chi connectivity index (χ0n) is 26.3. The zero-order chi connectivity index (χ0) is 31.0. The highest BCUT2D eigenvalue weighted by molar-refractivity contribution is 8.00. The quantitative estimate of drug-likeness (QED) is 0.204. The van der Waals surface area contributed by atoms with Crippen LogP contribution in [0.3, 0.4) is 0 Å². The number of hydrogen-bond acceptors (Lipinski definition) is 7. The first-order valence-corrected chi connectivity index (χ1v) is 17.2. The van der Waals surface area contributed by atoms with E-state index < -0.39 is 23.0 Å². The fraction of sp³-hybridized carbons (Fsp3) is 0.686. The third kappa shape index (κ3) is 5.96. The van der Waals surface area contributed by atoms with Crippen molar-refractivity contribution in [3.8, 4) is 0 Å². The van der Waals surface area contributed by atoms with E-state index in [0.717, 1.165) is 55.5 Å². The maximum Gasteiger partial charge on any atom is 0.316 e. The van der Waals surface area contributed by atoms with Crippen LogP contribution in [0.2, 0.25) is 0 Å². The number of nitrogens with one attached hydrogen (secondary N) is 2. The molecule has 4 unspecified atom stereocenters. The number of thioether (sulfide) groups is 1. The number of aliphatic hydroxyl groups is 1. The van der Waals surface area contributed by atoms with Crippen molar-refractivity contribution in [2.45, 2.75) is 109 Å². The lowest BCUT2D eigenvalue weighted by Crippen LogP contribution is -2.63. The molecule has 1 saturated heterocycles. The van der Waals surface area contributed by atoms with Crippen LogP contribution in [0.5, 0.6) is 0 Å². The molecule has 0 spiro atoms. The predicted molar refractivity (Wildman–Crippen MR) is 169 cm³/mol. The van der Waals surface area contributed by atoms with Crippen molar-refractivity contribution >= 4 is 29.4 Å². The largest absolute Gasteiger partial charge is 0.461 e. The number of rotatable bonds is 8. The van der Waals surface area contributed by atoms with E-state index in [1.807, 2.05) is 37.3 Å². The molecule has 5 rings (SSSR count). The summed E-state index contributed by atoms with van der Waals surface area (Å²) in [5.74, 6) is 0.0181. The molecule has 3 saturated carbocycles. The normalized spacial score (nSPS) is 39.2. The van der Waals surface area contributed by atoms with Crippen molar-refractivity contribution < 1.29 is 24.2 Å². The van der Waals surface area contributed by atoms with Crippen LogP contribution in [0, 0.1) is 34.0 Å². The molecule has 4 fully saturated rings. The summed E-state index contributed by atoms with van der Waals surface area (Å²) in [6, 6.07) is 7.76. The summed E-state index contributed by atoms with van der Waals surface area (Å²) < 4.78 is 6.38. The van der Waals surface area contributed by atoms with Crippen LogP contribution in [0.15, 0.2) is 41.8 Å². The Hall–Kier alpha value is -2.16. The van der Waals surface area contributed by atoms with E-state index in [1.165, 1.54) is 11.8 Å². The number of ether oxygens (including phenoxy) is 1. The second kappa shape index (κ2) is 12.7. The summed E-state index contributed by atoms with van der Waals surface area (Å²) in [6.45, 7) is 13.9. The molecule has 1 amide bonds. The topological polar surface area (TPSA) is 105 Å². The van der Waals surface area contributed by atoms with E-state index in [1.54, 1.807) is 0 Å². The molecule has 43 heavy (non-hydrogen) atoms. The SMILES string of the molecule is C=C[C@]1(C)C[C@@H](OC(=O)CSc2cccc(CNC(=O)C3CCCCN3)c2)[C@]2(C)C(C)CCC3(CCC(=O)C32)[C@@H](C)[C@@H]1O. The van der Waals surface area contributed by atoms with Crippen molar-refractivity contribution in [1.29, 1.82) is 0 Å². The van der Waals surface area contributed by atoms with E-state index >= 15 is 0 Å². The van der Waals surface area contributed by atoms with Gasteiger partial charge in [0.2, 0.25) is 5.91 Å². The molecule has 1 heterocycles. The van der Waals surface area contributed by atoms with Crippen LogP contribution in [0.1, 0.15) is 84.6 Å². The summed E-state index contributed by atoms with van der Waals surface area (Å²) in [7, 11) is 0. The number of ketones is 1. The molecule has 3 N–H and O–H groups in total. The highest BCUT2D eigenvalue weighted by atomic mass is 32.2. The fourth-order valence-electron chi connectivity index (χ4n) is 8.97. The number of carbonyl (C=O) groups is 3.